The van der Waals surface area contributed by atoms with Crippen molar-refractivity contribution < 1.29 is 14.7 Å². The predicted octanol–water partition coefficient (Wildman–Crippen LogP) is -0.650. The second-order valence-electron chi connectivity index (χ2n) is 4.82. The number of carbonyl (C=O) groups excluding carboxylic acids is 1. The number of hydrogen-bond acceptors (Lipinski definition) is 4. The molecule has 0 aromatic heterocycles. The summed E-state index contributed by atoms with van der Waals surface area (Å²) < 4.78 is 0. The topological polar surface area (TPSA) is 76.1 Å². The van der Waals surface area contributed by atoms with Crippen molar-refractivity contribution in [2.75, 3.05) is 59.9 Å². The van der Waals surface area contributed by atoms with Crippen LogP contribution in [0, 0.1) is 0 Å². The van der Waals surface area contributed by atoms with Crippen LogP contribution in [0.1, 0.15) is 6.42 Å². The molecule has 0 radical (unpaired) electrons. The summed E-state index contributed by atoms with van der Waals surface area (Å²) in [5.74, 6) is -0.816. The number of nitrogens with zero attached hydrogens (tertiary/aromatic N) is 3. The highest BCUT2D eigenvalue weighted by Crippen LogP contribution is 2.05. The van der Waals surface area contributed by atoms with E-state index in [0.717, 1.165) is 19.5 Å². The Bertz CT molecular complexity index is 303. The molecule has 19 heavy (non-hydrogen) atoms. The zero-order valence-electron chi connectivity index (χ0n) is 11.8. The maximum atomic E-state index is 12.1. The van der Waals surface area contributed by atoms with Gasteiger partial charge >= 0.3 is 12.0 Å². The van der Waals surface area contributed by atoms with Crippen molar-refractivity contribution in [1.82, 2.24) is 20.0 Å². The van der Waals surface area contributed by atoms with Crippen LogP contribution in [0.4, 0.5) is 4.79 Å². The van der Waals surface area contributed by atoms with E-state index in [-0.39, 0.29) is 12.6 Å². The molecular formula is C12H24N4O3. The highest BCUT2D eigenvalue weighted by atomic mass is 16.4. The Morgan fingerprint density at radius 2 is 1.89 bits per heavy atom. The zero-order chi connectivity index (χ0) is 14.3. The van der Waals surface area contributed by atoms with E-state index in [1.165, 1.54) is 0 Å². The van der Waals surface area contributed by atoms with Crippen molar-refractivity contribution >= 4 is 12.0 Å². The Labute approximate surface area is 114 Å². The molecule has 0 unspecified atom stereocenters. The van der Waals surface area contributed by atoms with Gasteiger partial charge < -0.3 is 20.2 Å². The van der Waals surface area contributed by atoms with E-state index >= 15 is 0 Å². The number of carbonyl (C=O) groups is 2. The molecule has 0 aromatic carbocycles. The molecule has 7 heteroatoms. The number of nitrogens with one attached hydrogen (secondary N) is 1. The number of aliphatic carboxylic acids is 1. The fourth-order valence-corrected chi connectivity index (χ4v) is 2.12. The lowest BCUT2D eigenvalue weighted by Gasteiger charge is -2.36. The molecule has 0 saturated carbocycles. The normalized spacial score (nSPS) is 16.4. The van der Waals surface area contributed by atoms with Gasteiger partial charge in [0.15, 0.2) is 0 Å². The van der Waals surface area contributed by atoms with E-state index in [1.54, 1.807) is 9.80 Å². The van der Waals surface area contributed by atoms with Crippen LogP contribution in [0.2, 0.25) is 0 Å². The number of hydrogen-bond donors (Lipinski definition) is 2. The third kappa shape index (κ3) is 5.44. The van der Waals surface area contributed by atoms with Crippen molar-refractivity contribution in [3.8, 4) is 0 Å². The maximum Gasteiger partial charge on any atom is 0.319 e. The third-order valence-electron chi connectivity index (χ3n) is 3.25. The predicted molar refractivity (Wildman–Crippen MR) is 72.2 cm³/mol. The largest absolute Gasteiger partial charge is 0.480 e. The Balaban J connectivity index is 2.29. The molecule has 1 aliphatic heterocycles. The van der Waals surface area contributed by atoms with E-state index in [9.17, 15) is 9.59 Å². The summed E-state index contributed by atoms with van der Waals surface area (Å²) >= 11 is 0. The molecule has 0 aromatic rings. The van der Waals surface area contributed by atoms with Crippen LogP contribution < -0.4 is 5.32 Å². The number of piperazine rings is 1. The lowest BCUT2D eigenvalue weighted by atomic mass is 10.3. The second kappa shape index (κ2) is 7.96. The Kier molecular flexibility index (Phi) is 6.58. The summed E-state index contributed by atoms with van der Waals surface area (Å²) in [6.07, 6.45) is 0.928. The molecule has 1 fully saturated rings. The Morgan fingerprint density at radius 3 is 2.42 bits per heavy atom. The van der Waals surface area contributed by atoms with Gasteiger partial charge in [-0.3, -0.25) is 9.69 Å². The standard InChI is InChI=1S/C12H24N4O3/c1-13-4-3-5-14(2)12(19)16-8-6-15(7-9-16)10-11(17)18/h13H,3-10H2,1-2H3,(H,17,18). The van der Waals surface area contributed by atoms with Crippen molar-refractivity contribution in [3.63, 3.8) is 0 Å². The summed E-state index contributed by atoms with van der Waals surface area (Å²) in [5, 5.41) is 11.8. The fraction of sp³-hybridized carbons (Fsp3) is 0.833. The first-order valence-corrected chi connectivity index (χ1v) is 6.63. The molecule has 1 heterocycles. The minimum absolute atomic E-state index is 0.0334. The van der Waals surface area contributed by atoms with Crippen LogP contribution in [0.5, 0.6) is 0 Å². The van der Waals surface area contributed by atoms with Crippen molar-refractivity contribution in [2.24, 2.45) is 0 Å². The van der Waals surface area contributed by atoms with E-state index in [2.05, 4.69) is 5.32 Å². The number of carboxylic acids is 1. The van der Waals surface area contributed by atoms with Gasteiger partial charge in [-0.05, 0) is 20.0 Å². The van der Waals surface area contributed by atoms with Gasteiger partial charge in [-0.15, -0.1) is 0 Å². The number of amides is 2. The Hall–Kier alpha value is -1.34. The molecule has 0 bridgehead atoms. The third-order valence-corrected chi connectivity index (χ3v) is 3.25. The van der Waals surface area contributed by atoms with Gasteiger partial charge in [0.1, 0.15) is 0 Å². The Morgan fingerprint density at radius 1 is 1.26 bits per heavy atom. The second-order valence-corrected chi connectivity index (χ2v) is 4.82. The van der Waals surface area contributed by atoms with Gasteiger partial charge in [0.2, 0.25) is 0 Å². The molecule has 1 aliphatic rings. The number of urea groups is 1. The van der Waals surface area contributed by atoms with Crippen molar-refractivity contribution in [2.45, 2.75) is 6.42 Å². The molecule has 2 amide bonds. The molecule has 0 aliphatic carbocycles. The van der Waals surface area contributed by atoms with Crippen LogP contribution in [0.3, 0.4) is 0 Å². The van der Waals surface area contributed by atoms with E-state index in [1.807, 2.05) is 19.0 Å². The van der Waals surface area contributed by atoms with E-state index in [0.29, 0.717) is 26.2 Å². The summed E-state index contributed by atoms with van der Waals surface area (Å²) in [4.78, 5) is 28.1. The first kappa shape index (κ1) is 15.7. The van der Waals surface area contributed by atoms with Crippen LogP contribution in [0.15, 0.2) is 0 Å². The van der Waals surface area contributed by atoms with Gasteiger partial charge in [0.25, 0.3) is 0 Å². The van der Waals surface area contributed by atoms with E-state index < -0.39 is 5.97 Å². The minimum Gasteiger partial charge on any atom is -0.480 e. The molecule has 2 N–H and O–H groups in total. The number of carboxylic acid groups (broad SMARTS) is 1. The molecule has 110 valence electrons. The summed E-state index contributed by atoms with van der Waals surface area (Å²) in [6, 6.07) is 0.0334. The molecule has 1 rings (SSSR count). The highest BCUT2D eigenvalue weighted by Gasteiger charge is 2.23. The van der Waals surface area contributed by atoms with Crippen LogP contribution in [-0.2, 0) is 4.79 Å². The lowest BCUT2D eigenvalue weighted by Crippen LogP contribution is -2.53. The molecule has 1 saturated heterocycles. The van der Waals surface area contributed by atoms with Gasteiger partial charge in [0.05, 0.1) is 6.54 Å². The average Bonchev–Trinajstić information content (AvgIpc) is 2.38. The summed E-state index contributed by atoms with van der Waals surface area (Å²) in [6.45, 7) is 4.13. The summed E-state index contributed by atoms with van der Waals surface area (Å²) in [7, 11) is 3.70. The molecule has 0 spiro atoms. The van der Waals surface area contributed by atoms with Gasteiger partial charge in [0, 0.05) is 39.8 Å². The van der Waals surface area contributed by atoms with Gasteiger partial charge in [-0.1, -0.05) is 0 Å². The highest BCUT2D eigenvalue weighted by molar-refractivity contribution is 5.74. The summed E-state index contributed by atoms with van der Waals surface area (Å²) in [5.41, 5.74) is 0. The van der Waals surface area contributed by atoms with Gasteiger partial charge in [-0.2, -0.15) is 0 Å². The quantitative estimate of drug-likeness (QED) is 0.628. The maximum absolute atomic E-state index is 12.1. The fourth-order valence-electron chi connectivity index (χ4n) is 2.12. The first-order chi connectivity index (χ1) is 9.04. The smallest absolute Gasteiger partial charge is 0.319 e. The molecule has 0 atom stereocenters. The zero-order valence-corrected chi connectivity index (χ0v) is 11.8. The molecular weight excluding hydrogens is 248 g/mol. The van der Waals surface area contributed by atoms with Crippen LogP contribution in [0.25, 0.3) is 0 Å². The first-order valence-electron chi connectivity index (χ1n) is 6.63. The van der Waals surface area contributed by atoms with Crippen LogP contribution in [-0.4, -0.2) is 91.7 Å². The molecule has 7 nitrogen and oxygen atoms in total. The van der Waals surface area contributed by atoms with Crippen LogP contribution >= 0.6 is 0 Å². The van der Waals surface area contributed by atoms with E-state index in [4.69, 9.17) is 5.11 Å². The van der Waals surface area contributed by atoms with Crippen molar-refractivity contribution in [3.05, 3.63) is 0 Å². The average molecular weight is 272 g/mol. The monoisotopic (exact) mass is 272 g/mol. The lowest BCUT2D eigenvalue weighted by molar-refractivity contribution is -0.138. The van der Waals surface area contributed by atoms with Gasteiger partial charge in [-0.25, -0.2) is 4.79 Å². The number of rotatable bonds is 6. The van der Waals surface area contributed by atoms with Crippen molar-refractivity contribution in [1.29, 1.82) is 0 Å². The SMILES string of the molecule is CNCCCN(C)C(=O)N1CCN(CC(=O)O)CC1. The minimum atomic E-state index is -0.816.